The number of nitrogens with two attached hydrogens (primary N) is 1. The summed E-state index contributed by atoms with van der Waals surface area (Å²) in [5.74, 6) is 0.346. The monoisotopic (exact) mass is 166 g/mol. The van der Waals surface area contributed by atoms with Crippen LogP contribution >= 0.6 is 0 Å². The second-order valence-electron chi connectivity index (χ2n) is 2.51. The SMILES string of the molecule is C=CCC(F)c1ccnc(N)c1. The maximum absolute atomic E-state index is 13.2. The van der Waals surface area contributed by atoms with Crippen LogP contribution in [-0.4, -0.2) is 4.98 Å². The number of alkyl halides is 1. The van der Waals surface area contributed by atoms with Crippen molar-refractivity contribution in [3.05, 3.63) is 36.5 Å². The minimum atomic E-state index is -1.02. The highest BCUT2D eigenvalue weighted by Crippen LogP contribution is 2.21. The van der Waals surface area contributed by atoms with E-state index in [0.717, 1.165) is 0 Å². The summed E-state index contributed by atoms with van der Waals surface area (Å²) >= 11 is 0. The molecule has 2 N–H and O–H groups in total. The molecular weight excluding hydrogens is 155 g/mol. The maximum Gasteiger partial charge on any atom is 0.129 e. The molecule has 0 saturated heterocycles. The van der Waals surface area contributed by atoms with E-state index in [1.165, 1.54) is 12.3 Å². The summed E-state index contributed by atoms with van der Waals surface area (Å²) in [6, 6.07) is 3.15. The third-order valence-corrected chi connectivity index (χ3v) is 1.54. The molecule has 0 amide bonds. The normalized spacial score (nSPS) is 12.4. The third kappa shape index (κ3) is 2.05. The van der Waals surface area contributed by atoms with Gasteiger partial charge in [-0.1, -0.05) is 6.08 Å². The zero-order valence-electron chi connectivity index (χ0n) is 6.70. The number of rotatable bonds is 3. The standard InChI is InChI=1S/C9H11FN2/c1-2-3-8(10)7-4-5-12-9(11)6-7/h2,4-6,8H,1,3H2,(H2,11,12). The molecule has 1 aromatic heterocycles. The molecule has 1 atom stereocenters. The predicted octanol–water partition coefficient (Wildman–Crippen LogP) is 2.25. The van der Waals surface area contributed by atoms with Crippen LogP contribution in [0.2, 0.25) is 0 Å². The zero-order valence-corrected chi connectivity index (χ0v) is 6.70. The van der Waals surface area contributed by atoms with Crippen LogP contribution < -0.4 is 5.73 Å². The van der Waals surface area contributed by atoms with Crippen molar-refractivity contribution in [2.45, 2.75) is 12.6 Å². The van der Waals surface area contributed by atoms with Crippen LogP contribution in [0.5, 0.6) is 0 Å². The summed E-state index contributed by atoms with van der Waals surface area (Å²) in [7, 11) is 0. The van der Waals surface area contributed by atoms with E-state index in [-0.39, 0.29) is 0 Å². The second-order valence-corrected chi connectivity index (χ2v) is 2.51. The van der Waals surface area contributed by atoms with Crippen molar-refractivity contribution in [3.63, 3.8) is 0 Å². The largest absolute Gasteiger partial charge is 0.384 e. The summed E-state index contributed by atoms with van der Waals surface area (Å²) in [5, 5.41) is 0. The van der Waals surface area contributed by atoms with E-state index in [1.54, 1.807) is 12.1 Å². The van der Waals surface area contributed by atoms with Crippen LogP contribution in [0.25, 0.3) is 0 Å². The Morgan fingerprint density at radius 2 is 2.50 bits per heavy atom. The van der Waals surface area contributed by atoms with Gasteiger partial charge in [0.05, 0.1) is 0 Å². The summed E-state index contributed by atoms with van der Waals surface area (Å²) in [5.41, 5.74) is 5.95. The van der Waals surface area contributed by atoms with Gasteiger partial charge in [0.15, 0.2) is 0 Å². The van der Waals surface area contributed by atoms with Gasteiger partial charge >= 0.3 is 0 Å². The summed E-state index contributed by atoms with van der Waals surface area (Å²) < 4.78 is 13.2. The smallest absolute Gasteiger partial charge is 0.129 e. The molecule has 0 aliphatic carbocycles. The van der Waals surface area contributed by atoms with Crippen LogP contribution in [0.4, 0.5) is 10.2 Å². The average Bonchev–Trinajstić information content (AvgIpc) is 2.05. The van der Waals surface area contributed by atoms with E-state index < -0.39 is 6.17 Å². The van der Waals surface area contributed by atoms with E-state index in [1.807, 2.05) is 0 Å². The number of allylic oxidation sites excluding steroid dienone is 1. The van der Waals surface area contributed by atoms with Crippen LogP contribution in [0, 0.1) is 0 Å². The molecule has 0 saturated carbocycles. The Morgan fingerprint density at radius 3 is 3.08 bits per heavy atom. The number of pyridine rings is 1. The van der Waals surface area contributed by atoms with Crippen molar-refractivity contribution in [3.8, 4) is 0 Å². The second kappa shape index (κ2) is 3.85. The molecule has 1 rings (SSSR count). The molecule has 3 heteroatoms. The molecule has 0 aromatic carbocycles. The number of aromatic nitrogens is 1. The number of anilines is 1. The van der Waals surface area contributed by atoms with Crippen LogP contribution in [0.15, 0.2) is 31.0 Å². The number of halogens is 1. The third-order valence-electron chi connectivity index (χ3n) is 1.54. The quantitative estimate of drug-likeness (QED) is 0.699. The first-order valence-corrected chi connectivity index (χ1v) is 3.70. The van der Waals surface area contributed by atoms with Gasteiger partial charge in [-0.3, -0.25) is 0 Å². The highest BCUT2D eigenvalue weighted by molar-refractivity contribution is 5.33. The summed E-state index contributed by atoms with van der Waals surface area (Å²) in [6.07, 6.45) is 2.33. The Bertz CT molecular complexity index is 273. The van der Waals surface area contributed by atoms with Gasteiger partial charge in [0.25, 0.3) is 0 Å². The first-order valence-electron chi connectivity index (χ1n) is 3.70. The van der Waals surface area contributed by atoms with Gasteiger partial charge in [-0.25, -0.2) is 9.37 Å². The van der Waals surface area contributed by atoms with E-state index in [9.17, 15) is 4.39 Å². The van der Waals surface area contributed by atoms with E-state index in [2.05, 4.69) is 11.6 Å². The average molecular weight is 166 g/mol. The number of nitrogens with zero attached hydrogens (tertiary/aromatic N) is 1. The predicted molar refractivity (Wildman–Crippen MR) is 47.3 cm³/mol. The van der Waals surface area contributed by atoms with Crippen molar-refractivity contribution in [1.82, 2.24) is 4.98 Å². The maximum atomic E-state index is 13.2. The fraction of sp³-hybridized carbons (Fsp3) is 0.222. The molecule has 0 fully saturated rings. The lowest BCUT2D eigenvalue weighted by atomic mass is 10.1. The lowest BCUT2D eigenvalue weighted by molar-refractivity contribution is 0.347. The topological polar surface area (TPSA) is 38.9 Å². The van der Waals surface area contributed by atoms with Gasteiger partial charge in [0.2, 0.25) is 0 Å². The summed E-state index contributed by atoms with van der Waals surface area (Å²) in [4.78, 5) is 3.77. The zero-order chi connectivity index (χ0) is 8.97. The van der Waals surface area contributed by atoms with Crippen molar-refractivity contribution in [2.24, 2.45) is 0 Å². The van der Waals surface area contributed by atoms with Crippen LogP contribution in [-0.2, 0) is 0 Å². The van der Waals surface area contributed by atoms with E-state index >= 15 is 0 Å². The summed E-state index contributed by atoms with van der Waals surface area (Å²) in [6.45, 7) is 3.46. The van der Waals surface area contributed by atoms with Crippen molar-refractivity contribution < 1.29 is 4.39 Å². The van der Waals surface area contributed by atoms with Crippen molar-refractivity contribution in [2.75, 3.05) is 5.73 Å². The van der Waals surface area contributed by atoms with Crippen molar-refractivity contribution in [1.29, 1.82) is 0 Å². The molecule has 64 valence electrons. The molecule has 0 radical (unpaired) electrons. The number of nitrogen functional groups attached to an aromatic ring is 1. The van der Waals surface area contributed by atoms with Crippen LogP contribution in [0.3, 0.4) is 0 Å². The molecule has 0 bridgehead atoms. The van der Waals surface area contributed by atoms with Gasteiger partial charge in [-0.05, 0) is 17.7 Å². The fourth-order valence-corrected chi connectivity index (χ4v) is 0.943. The Hall–Kier alpha value is -1.38. The van der Waals surface area contributed by atoms with E-state index in [0.29, 0.717) is 17.8 Å². The Balaban J connectivity index is 2.80. The number of hydrogen-bond donors (Lipinski definition) is 1. The molecule has 1 unspecified atom stereocenters. The Morgan fingerprint density at radius 1 is 1.75 bits per heavy atom. The Labute approximate surface area is 70.9 Å². The Kier molecular flexibility index (Phi) is 2.80. The minimum absolute atomic E-state index is 0.309. The molecule has 0 aliphatic heterocycles. The highest BCUT2D eigenvalue weighted by Gasteiger charge is 2.07. The molecule has 12 heavy (non-hydrogen) atoms. The van der Waals surface area contributed by atoms with Gasteiger partial charge in [0, 0.05) is 12.6 Å². The molecular formula is C9H11FN2. The fourth-order valence-electron chi connectivity index (χ4n) is 0.943. The van der Waals surface area contributed by atoms with Gasteiger partial charge in [0.1, 0.15) is 12.0 Å². The first-order chi connectivity index (χ1) is 5.74. The van der Waals surface area contributed by atoms with Gasteiger partial charge in [-0.2, -0.15) is 0 Å². The highest BCUT2D eigenvalue weighted by atomic mass is 19.1. The van der Waals surface area contributed by atoms with Gasteiger partial charge < -0.3 is 5.73 Å². The van der Waals surface area contributed by atoms with E-state index in [4.69, 9.17) is 5.73 Å². The van der Waals surface area contributed by atoms with Crippen molar-refractivity contribution >= 4 is 5.82 Å². The molecule has 0 spiro atoms. The molecule has 1 heterocycles. The van der Waals surface area contributed by atoms with Gasteiger partial charge in [-0.15, -0.1) is 6.58 Å². The molecule has 2 nitrogen and oxygen atoms in total. The lowest BCUT2D eigenvalue weighted by Gasteiger charge is -2.04. The minimum Gasteiger partial charge on any atom is -0.384 e. The lowest BCUT2D eigenvalue weighted by Crippen LogP contribution is -1.94. The van der Waals surface area contributed by atoms with Crippen LogP contribution in [0.1, 0.15) is 18.2 Å². The first kappa shape index (κ1) is 8.71. The molecule has 0 aliphatic rings. The molecule has 1 aromatic rings. The number of hydrogen-bond acceptors (Lipinski definition) is 2.